The van der Waals surface area contributed by atoms with Crippen molar-refractivity contribution in [1.29, 1.82) is 0 Å². The molecule has 0 aliphatic carbocycles. The first-order valence-corrected chi connectivity index (χ1v) is 9.05. The molecule has 4 nitrogen and oxygen atoms in total. The molecule has 0 aliphatic heterocycles. The van der Waals surface area contributed by atoms with Crippen molar-refractivity contribution < 1.29 is 18.7 Å². The first-order valence-electron chi connectivity index (χ1n) is 9.05. The van der Waals surface area contributed by atoms with Crippen LogP contribution in [0.4, 0.5) is 4.39 Å². The van der Waals surface area contributed by atoms with Gasteiger partial charge in [-0.2, -0.15) is 0 Å². The van der Waals surface area contributed by atoms with E-state index in [1.54, 1.807) is 12.1 Å². The van der Waals surface area contributed by atoms with E-state index in [2.05, 4.69) is 5.32 Å². The van der Waals surface area contributed by atoms with E-state index in [0.717, 1.165) is 24.2 Å². The predicted octanol–water partition coefficient (Wildman–Crippen LogP) is 4.13. The molecule has 26 heavy (non-hydrogen) atoms. The third kappa shape index (κ3) is 5.76. The lowest BCUT2D eigenvalue weighted by Crippen LogP contribution is -2.38. The lowest BCUT2D eigenvalue weighted by molar-refractivity contribution is -0.128. The number of para-hydroxylation sites is 2. The second-order valence-corrected chi connectivity index (χ2v) is 5.88. The third-order valence-corrected chi connectivity index (χ3v) is 3.96. The van der Waals surface area contributed by atoms with Gasteiger partial charge in [0.05, 0.1) is 6.61 Å². The van der Waals surface area contributed by atoms with Gasteiger partial charge in [0.15, 0.2) is 17.7 Å². The van der Waals surface area contributed by atoms with E-state index in [4.69, 9.17) is 9.47 Å². The van der Waals surface area contributed by atoms with E-state index >= 15 is 0 Å². The summed E-state index contributed by atoms with van der Waals surface area (Å²) in [7, 11) is 0. The highest BCUT2D eigenvalue weighted by Crippen LogP contribution is 2.20. The lowest BCUT2D eigenvalue weighted by atomic mass is 10.1. The number of hydrogen-bond donors (Lipinski definition) is 1. The average Bonchev–Trinajstić information content (AvgIpc) is 2.66. The summed E-state index contributed by atoms with van der Waals surface area (Å²) in [6.45, 7) is 4.94. The Morgan fingerprint density at radius 1 is 1.08 bits per heavy atom. The second kappa shape index (κ2) is 10.4. The van der Waals surface area contributed by atoms with Gasteiger partial charge in [0.2, 0.25) is 0 Å². The molecular weight excluding hydrogens is 333 g/mol. The number of aryl methyl sites for hydroxylation is 1. The molecule has 5 heteroatoms. The van der Waals surface area contributed by atoms with Gasteiger partial charge in [0.25, 0.3) is 5.91 Å². The molecule has 0 saturated heterocycles. The summed E-state index contributed by atoms with van der Waals surface area (Å²) >= 11 is 0. The van der Waals surface area contributed by atoms with Gasteiger partial charge < -0.3 is 14.8 Å². The van der Waals surface area contributed by atoms with Crippen molar-refractivity contribution >= 4 is 5.91 Å². The number of carbonyl (C=O) groups is 1. The van der Waals surface area contributed by atoms with Crippen molar-refractivity contribution in [2.45, 2.75) is 39.2 Å². The van der Waals surface area contributed by atoms with Crippen LogP contribution < -0.4 is 14.8 Å². The zero-order chi connectivity index (χ0) is 18.8. The Labute approximate surface area is 154 Å². The Morgan fingerprint density at radius 3 is 2.46 bits per heavy atom. The summed E-state index contributed by atoms with van der Waals surface area (Å²) in [5, 5.41) is 2.87. The zero-order valence-electron chi connectivity index (χ0n) is 15.3. The van der Waals surface area contributed by atoms with Gasteiger partial charge >= 0.3 is 0 Å². The van der Waals surface area contributed by atoms with Crippen molar-refractivity contribution in [3.8, 4) is 11.5 Å². The van der Waals surface area contributed by atoms with Crippen molar-refractivity contribution in [2.24, 2.45) is 0 Å². The SMILES string of the molecule is CCOc1ccccc1CCCNC(=O)[C@@H](CC)Oc1ccccc1F. The van der Waals surface area contributed by atoms with E-state index in [1.807, 2.05) is 38.1 Å². The molecular formula is C21H26FNO3. The average molecular weight is 359 g/mol. The van der Waals surface area contributed by atoms with Crippen molar-refractivity contribution in [3.05, 3.63) is 59.9 Å². The van der Waals surface area contributed by atoms with Gasteiger partial charge in [-0.15, -0.1) is 0 Å². The molecule has 1 amide bonds. The minimum Gasteiger partial charge on any atom is -0.494 e. The summed E-state index contributed by atoms with van der Waals surface area (Å²) in [6, 6.07) is 14.0. The molecule has 0 unspecified atom stereocenters. The molecule has 1 N–H and O–H groups in total. The van der Waals surface area contributed by atoms with Crippen LogP contribution in [-0.2, 0) is 11.2 Å². The Morgan fingerprint density at radius 2 is 1.77 bits per heavy atom. The fourth-order valence-corrected chi connectivity index (χ4v) is 2.63. The van der Waals surface area contributed by atoms with Crippen LogP contribution in [0.1, 0.15) is 32.3 Å². The normalized spacial score (nSPS) is 11.7. The molecule has 0 radical (unpaired) electrons. The molecule has 0 spiro atoms. The van der Waals surface area contributed by atoms with E-state index < -0.39 is 11.9 Å². The molecule has 0 aromatic heterocycles. The Kier molecular flexibility index (Phi) is 7.93. The molecule has 1 atom stereocenters. The summed E-state index contributed by atoms with van der Waals surface area (Å²) in [5.74, 6) is 0.288. The zero-order valence-corrected chi connectivity index (χ0v) is 15.3. The number of ether oxygens (including phenoxy) is 2. The van der Waals surface area contributed by atoms with E-state index in [1.165, 1.54) is 12.1 Å². The van der Waals surface area contributed by atoms with Gasteiger partial charge in [0.1, 0.15) is 5.75 Å². The van der Waals surface area contributed by atoms with Crippen molar-refractivity contribution in [1.82, 2.24) is 5.32 Å². The maximum absolute atomic E-state index is 13.7. The third-order valence-electron chi connectivity index (χ3n) is 3.96. The maximum atomic E-state index is 13.7. The molecule has 0 heterocycles. The highest BCUT2D eigenvalue weighted by atomic mass is 19.1. The molecule has 140 valence electrons. The Hall–Kier alpha value is -2.56. The predicted molar refractivity (Wildman–Crippen MR) is 100 cm³/mol. The number of amides is 1. The maximum Gasteiger partial charge on any atom is 0.261 e. The van der Waals surface area contributed by atoms with Crippen LogP contribution >= 0.6 is 0 Å². The highest BCUT2D eigenvalue weighted by Gasteiger charge is 2.19. The Balaban J connectivity index is 1.81. The molecule has 0 saturated carbocycles. The van der Waals surface area contributed by atoms with E-state index in [-0.39, 0.29) is 11.7 Å². The Bertz CT molecular complexity index is 705. The second-order valence-electron chi connectivity index (χ2n) is 5.88. The highest BCUT2D eigenvalue weighted by molar-refractivity contribution is 5.81. The largest absolute Gasteiger partial charge is 0.494 e. The van der Waals surface area contributed by atoms with Crippen molar-refractivity contribution in [3.63, 3.8) is 0 Å². The number of benzene rings is 2. The van der Waals surface area contributed by atoms with Crippen molar-refractivity contribution in [2.75, 3.05) is 13.2 Å². The molecule has 0 fully saturated rings. The van der Waals surface area contributed by atoms with Gasteiger partial charge in [-0.05, 0) is 49.9 Å². The number of hydrogen-bond acceptors (Lipinski definition) is 3. The molecule has 0 aliphatic rings. The number of halogens is 1. The van der Waals surface area contributed by atoms with Crippen LogP contribution in [0.3, 0.4) is 0 Å². The van der Waals surface area contributed by atoms with Crippen LogP contribution in [0.5, 0.6) is 11.5 Å². The number of rotatable bonds is 10. The molecule has 2 aromatic carbocycles. The quantitative estimate of drug-likeness (QED) is 0.649. The lowest BCUT2D eigenvalue weighted by Gasteiger charge is -2.17. The summed E-state index contributed by atoms with van der Waals surface area (Å²) < 4.78 is 24.8. The molecule has 2 aromatic rings. The fourth-order valence-electron chi connectivity index (χ4n) is 2.63. The van der Waals surface area contributed by atoms with Crippen LogP contribution in [0.2, 0.25) is 0 Å². The van der Waals surface area contributed by atoms with E-state index in [9.17, 15) is 9.18 Å². The van der Waals surface area contributed by atoms with Gasteiger partial charge in [-0.1, -0.05) is 37.3 Å². The van der Waals surface area contributed by atoms with Gasteiger partial charge in [-0.3, -0.25) is 4.79 Å². The smallest absolute Gasteiger partial charge is 0.261 e. The minimum absolute atomic E-state index is 0.0974. The standard InChI is InChI=1S/C21H26FNO3/c1-3-18(26-20-14-8-6-12-17(20)22)21(24)23-15-9-11-16-10-5-7-13-19(16)25-4-2/h5-8,10,12-14,18H,3-4,9,11,15H2,1-2H3,(H,23,24)/t18-/m1/s1. The summed E-state index contributed by atoms with van der Waals surface area (Å²) in [4.78, 5) is 12.3. The first-order chi connectivity index (χ1) is 12.7. The van der Waals surface area contributed by atoms with Crippen LogP contribution in [0, 0.1) is 5.82 Å². The minimum atomic E-state index is -0.706. The molecule has 0 bridgehead atoms. The van der Waals surface area contributed by atoms with Gasteiger partial charge in [-0.25, -0.2) is 4.39 Å². The fraction of sp³-hybridized carbons (Fsp3) is 0.381. The number of carbonyl (C=O) groups excluding carboxylic acids is 1. The molecule has 2 rings (SSSR count). The van der Waals surface area contributed by atoms with Crippen LogP contribution in [0.15, 0.2) is 48.5 Å². The number of nitrogens with one attached hydrogen (secondary N) is 1. The summed E-state index contributed by atoms with van der Waals surface area (Å²) in [6.07, 6.45) is 1.35. The van der Waals surface area contributed by atoms with Crippen LogP contribution in [-0.4, -0.2) is 25.2 Å². The first kappa shape index (κ1) is 19.8. The van der Waals surface area contributed by atoms with Crippen LogP contribution in [0.25, 0.3) is 0 Å². The topological polar surface area (TPSA) is 47.6 Å². The van der Waals surface area contributed by atoms with E-state index in [0.29, 0.717) is 19.6 Å². The van der Waals surface area contributed by atoms with Gasteiger partial charge in [0, 0.05) is 6.54 Å². The monoisotopic (exact) mass is 359 g/mol. The summed E-state index contributed by atoms with van der Waals surface area (Å²) in [5.41, 5.74) is 1.12.